The Balaban J connectivity index is 1.40. The van der Waals surface area contributed by atoms with E-state index in [4.69, 9.17) is 9.47 Å². The number of ketones is 1. The molecular weight excluding hydrogens is 430 g/mol. The third kappa shape index (κ3) is 4.30. The fourth-order valence-corrected chi connectivity index (χ4v) is 4.36. The van der Waals surface area contributed by atoms with Crippen LogP contribution in [-0.2, 0) is 23.2 Å². The molecule has 34 heavy (non-hydrogen) atoms. The van der Waals surface area contributed by atoms with Crippen LogP contribution >= 0.6 is 0 Å². The van der Waals surface area contributed by atoms with E-state index in [-0.39, 0.29) is 0 Å². The number of para-hydroxylation sites is 1. The Morgan fingerprint density at radius 1 is 1.06 bits per heavy atom. The number of rotatable bonds is 7. The molecule has 3 heterocycles. The Hall–Kier alpha value is -3.97. The van der Waals surface area contributed by atoms with E-state index in [2.05, 4.69) is 9.88 Å². The number of hydrogen-bond donors (Lipinski definition) is 0. The van der Waals surface area contributed by atoms with Crippen molar-refractivity contribution in [1.82, 2.24) is 9.55 Å². The van der Waals surface area contributed by atoms with E-state index in [9.17, 15) is 9.59 Å². The molecule has 0 radical (unpaired) electrons. The first-order valence-electron chi connectivity index (χ1n) is 11.2. The Bertz CT molecular complexity index is 1340. The smallest absolute Gasteiger partial charge is 0.242 e. The zero-order valence-corrected chi connectivity index (χ0v) is 18.9. The van der Waals surface area contributed by atoms with Gasteiger partial charge < -0.3 is 18.9 Å². The largest absolute Gasteiger partial charge is 0.487 e. The van der Waals surface area contributed by atoms with Gasteiger partial charge in [0.2, 0.25) is 5.78 Å². The first-order chi connectivity index (χ1) is 16.6. The van der Waals surface area contributed by atoms with Crippen molar-refractivity contribution < 1.29 is 19.1 Å². The van der Waals surface area contributed by atoms with Gasteiger partial charge in [0.15, 0.2) is 6.29 Å². The molecule has 0 atom stereocenters. The lowest BCUT2D eigenvalue weighted by Crippen LogP contribution is -2.36. The quantitative estimate of drug-likeness (QED) is 0.238. The number of aromatic nitrogens is 2. The molecule has 1 aliphatic rings. The molecule has 4 aromatic rings. The van der Waals surface area contributed by atoms with Gasteiger partial charge in [-0.25, -0.2) is 4.98 Å². The molecule has 1 saturated heterocycles. The number of morpholine rings is 1. The number of ether oxygens (including phenoxy) is 2. The monoisotopic (exact) mass is 455 g/mol. The summed E-state index contributed by atoms with van der Waals surface area (Å²) in [7, 11) is 1.79. The van der Waals surface area contributed by atoms with Crippen molar-refractivity contribution in [1.29, 1.82) is 0 Å². The van der Waals surface area contributed by atoms with Crippen LogP contribution < -0.4 is 9.64 Å². The zero-order valence-electron chi connectivity index (χ0n) is 18.9. The summed E-state index contributed by atoms with van der Waals surface area (Å²) in [6, 6.07) is 19.6. The van der Waals surface area contributed by atoms with Gasteiger partial charge >= 0.3 is 0 Å². The lowest BCUT2D eigenvalue weighted by atomic mass is 10.0. The average molecular weight is 456 g/mol. The minimum atomic E-state index is -0.542. The van der Waals surface area contributed by atoms with E-state index in [1.165, 1.54) is 0 Å². The molecular formula is C27H25N3O4. The normalized spacial score (nSPS) is 13.7. The van der Waals surface area contributed by atoms with Gasteiger partial charge in [0, 0.05) is 37.3 Å². The maximum atomic E-state index is 12.5. The Morgan fingerprint density at radius 3 is 2.59 bits per heavy atom. The van der Waals surface area contributed by atoms with Crippen molar-refractivity contribution in [3.8, 4) is 16.9 Å². The first-order valence-corrected chi connectivity index (χ1v) is 11.2. The van der Waals surface area contributed by atoms with Crippen LogP contribution in [0, 0.1) is 0 Å². The molecule has 2 aromatic carbocycles. The average Bonchev–Trinajstić information content (AvgIpc) is 3.24. The van der Waals surface area contributed by atoms with Crippen molar-refractivity contribution in [3.05, 3.63) is 78.2 Å². The van der Waals surface area contributed by atoms with Gasteiger partial charge in [0.25, 0.3) is 0 Å². The fraction of sp³-hybridized carbons (Fsp3) is 0.222. The summed E-state index contributed by atoms with van der Waals surface area (Å²) in [4.78, 5) is 30.7. The highest BCUT2D eigenvalue weighted by atomic mass is 16.5. The van der Waals surface area contributed by atoms with E-state index < -0.39 is 5.78 Å². The van der Waals surface area contributed by atoms with Crippen molar-refractivity contribution in [2.75, 3.05) is 31.2 Å². The summed E-state index contributed by atoms with van der Waals surface area (Å²) in [5, 5.41) is 1.09. The summed E-state index contributed by atoms with van der Waals surface area (Å²) < 4.78 is 13.2. The van der Waals surface area contributed by atoms with Crippen LogP contribution in [0.1, 0.15) is 16.2 Å². The summed E-state index contributed by atoms with van der Waals surface area (Å²) in [6.45, 7) is 3.06. The molecule has 0 saturated carbocycles. The van der Waals surface area contributed by atoms with E-state index in [1.54, 1.807) is 11.6 Å². The third-order valence-electron chi connectivity index (χ3n) is 6.04. The standard InChI is InChI=1S/C27H25N3O4/c1-29-16-24(30-12-14-33-15-13-30)26(27(29)25(32)17-31)20-7-10-22(11-8-20)34-18-21-9-6-19-4-2-3-5-23(19)28-21/h2-11,16-17H,12-15,18H2,1H3. The van der Waals surface area contributed by atoms with Crippen LogP contribution in [0.3, 0.4) is 0 Å². The number of hydrogen-bond acceptors (Lipinski definition) is 6. The van der Waals surface area contributed by atoms with Crippen LogP contribution in [-0.4, -0.2) is 47.9 Å². The maximum absolute atomic E-state index is 12.5. The zero-order chi connectivity index (χ0) is 23.5. The van der Waals surface area contributed by atoms with Crippen molar-refractivity contribution in [2.45, 2.75) is 6.61 Å². The highest BCUT2D eigenvalue weighted by Crippen LogP contribution is 2.37. The molecule has 0 N–H and O–H groups in total. The van der Waals surface area contributed by atoms with Gasteiger partial charge in [-0.1, -0.05) is 36.4 Å². The third-order valence-corrected chi connectivity index (χ3v) is 6.04. The molecule has 1 fully saturated rings. The van der Waals surface area contributed by atoms with Crippen LogP contribution in [0.25, 0.3) is 22.0 Å². The van der Waals surface area contributed by atoms with Crippen LogP contribution in [0.4, 0.5) is 5.69 Å². The molecule has 1 aliphatic heterocycles. The molecule has 0 amide bonds. The Morgan fingerprint density at radius 2 is 1.82 bits per heavy atom. The minimum Gasteiger partial charge on any atom is -0.487 e. The second-order valence-electron chi connectivity index (χ2n) is 8.24. The van der Waals surface area contributed by atoms with Crippen LogP contribution in [0.5, 0.6) is 5.75 Å². The highest BCUT2D eigenvalue weighted by Gasteiger charge is 2.25. The summed E-state index contributed by atoms with van der Waals surface area (Å²) in [6.07, 6.45) is 2.28. The lowest BCUT2D eigenvalue weighted by molar-refractivity contribution is -0.104. The van der Waals surface area contributed by atoms with E-state index in [0.29, 0.717) is 37.6 Å². The number of aldehydes is 1. The molecule has 5 rings (SSSR count). The number of Topliss-reactive ketones (excluding diaryl/α,β-unsaturated/α-hetero) is 1. The minimum absolute atomic E-state index is 0.351. The number of fused-ring (bicyclic) bond motifs is 1. The maximum Gasteiger partial charge on any atom is 0.242 e. The molecule has 0 spiro atoms. The van der Waals surface area contributed by atoms with E-state index in [0.717, 1.165) is 46.5 Å². The lowest BCUT2D eigenvalue weighted by Gasteiger charge is -2.29. The second kappa shape index (κ2) is 9.49. The van der Waals surface area contributed by atoms with Gasteiger partial charge in [-0.05, 0) is 29.8 Å². The fourth-order valence-electron chi connectivity index (χ4n) is 4.36. The number of aryl methyl sites for hydroxylation is 1. The Kier molecular flexibility index (Phi) is 6.10. The molecule has 7 nitrogen and oxygen atoms in total. The van der Waals surface area contributed by atoms with Crippen molar-refractivity contribution >= 4 is 28.7 Å². The van der Waals surface area contributed by atoms with Gasteiger partial charge in [-0.2, -0.15) is 0 Å². The predicted octanol–water partition coefficient (Wildman–Crippen LogP) is 4.04. The number of benzene rings is 2. The molecule has 0 unspecified atom stereocenters. The van der Waals surface area contributed by atoms with Gasteiger partial charge in [0.1, 0.15) is 18.1 Å². The number of pyridine rings is 1. The number of carbonyl (C=O) groups excluding carboxylic acids is 2. The topological polar surface area (TPSA) is 73.7 Å². The molecule has 7 heteroatoms. The SMILES string of the molecule is Cn1cc(N2CCOCC2)c(-c2ccc(OCc3ccc4ccccc4n3)cc2)c1C(=O)C=O. The number of anilines is 1. The molecule has 0 bridgehead atoms. The van der Waals surface area contributed by atoms with Gasteiger partial charge in [-0.15, -0.1) is 0 Å². The van der Waals surface area contributed by atoms with Crippen LogP contribution in [0.15, 0.2) is 66.9 Å². The summed E-state index contributed by atoms with van der Waals surface area (Å²) >= 11 is 0. The van der Waals surface area contributed by atoms with Crippen molar-refractivity contribution in [3.63, 3.8) is 0 Å². The van der Waals surface area contributed by atoms with Crippen LogP contribution in [0.2, 0.25) is 0 Å². The predicted molar refractivity (Wildman–Crippen MR) is 130 cm³/mol. The van der Waals surface area contributed by atoms with Crippen molar-refractivity contribution in [2.24, 2.45) is 7.05 Å². The van der Waals surface area contributed by atoms with Gasteiger partial charge in [0.05, 0.1) is 30.1 Å². The van der Waals surface area contributed by atoms with Gasteiger partial charge in [-0.3, -0.25) is 9.59 Å². The summed E-state index contributed by atoms with van der Waals surface area (Å²) in [5.41, 5.74) is 4.69. The molecule has 2 aromatic heterocycles. The summed E-state index contributed by atoms with van der Waals surface area (Å²) in [5.74, 6) is 0.158. The first kappa shape index (κ1) is 21.9. The number of carbonyl (C=O) groups is 2. The number of nitrogens with zero attached hydrogens (tertiary/aromatic N) is 3. The van der Waals surface area contributed by atoms with E-state index in [1.807, 2.05) is 66.9 Å². The second-order valence-corrected chi connectivity index (χ2v) is 8.24. The molecule has 172 valence electrons. The Labute approximate surface area is 197 Å². The van der Waals surface area contributed by atoms with E-state index >= 15 is 0 Å². The molecule has 0 aliphatic carbocycles. The highest BCUT2D eigenvalue weighted by molar-refractivity contribution is 6.35.